The second-order valence-corrected chi connectivity index (χ2v) is 10.0. The highest BCUT2D eigenvalue weighted by Gasteiger charge is 2.39. The van der Waals surface area contributed by atoms with E-state index in [0.29, 0.717) is 10.9 Å². The number of hydrogen-bond donors (Lipinski definition) is 4. The van der Waals surface area contributed by atoms with Gasteiger partial charge in [0.25, 0.3) is 0 Å². The van der Waals surface area contributed by atoms with Crippen LogP contribution in [0.5, 0.6) is 5.75 Å². The van der Waals surface area contributed by atoms with E-state index in [1.165, 1.54) is 54.1 Å². The average molecular weight is 617 g/mol. The Balaban J connectivity index is 1.49. The zero-order valence-corrected chi connectivity index (χ0v) is 23.5. The van der Waals surface area contributed by atoms with Gasteiger partial charge in [-0.2, -0.15) is 5.10 Å². The average Bonchev–Trinajstić information content (AvgIpc) is 3.54. The van der Waals surface area contributed by atoms with E-state index in [9.17, 15) is 28.0 Å². The van der Waals surface area contributed by atoms with Gasteiger partial charge in [-0.3, -0.25) is 14.4 Å². The van der Waals surface area contributed by atoms with Crippen molar-refractivity contribution in [3.05, 3.63) is 64.6 Å². The quantitative estimate of drug-likeness (QED) is 0.0714. The zero-order chi connectivity index (χ0) is 31.3. The lowest BCUT2D eigenvalue weighted by Gasteiger charge is -2.24. The van der Waals surface area contributed by atoms with Crippen molar-refractivity contribution in [2.75, 3.05) is 13.1 Å². The van der Waals surface area contributed by atoms with Gasteiger partial charge in [0.05, 0.1) is 18.1 Å². The van der Waals surface area contributed by atoms with Gasteiger partial charge >= 0.3 is 6.09 Å². The number of aromatic nitrogens is 1. The van der Waals surface area contributed by atoms with E-state index in [0.717, 1.165) is 4.90 Å². The lowest BCUT2D eigenvalue weighted by Crippen LogP contribution is -2.46. The van der Waals surface area contributed by atoms with Crippen molar-refractivity contribution in [1.29, 1.82) is 5.53 Å². The molecule has 1 aliphatic heterocycles. The van der Waals surface area contributed by atoms with E-state index < -0.39 is 35.9 Å². The monoisotopic (exact) mass is 616 g/mol. The van der Waals surface area contributed by atoms with Crippen molar-refractivity contribution in [1.82, 2.24) is 20.1 Å². The number of nitrogens with two attached hydrogens (primary N) is 1. The number of rotatable bonds is 9. The van der Waals surface area contributed by atoms with Crippen molar-refractivity contribution in [2.24, 2.45) is 16.1 Å². The standard InChI is InChI=1S/C27H27ClF2N8O5/c1-14(39)19-12-37(21-6-5-17(8-18(19)21)43-27(42)34-10-23(35-31)36-32)13-24(40)38-11-16(29)7-22(38)26(41)33-9-15-3-2-4-20(28)25(15)30/h2-6,8,12,16,22,31H,7,9-11,13,32H2,1H3,(H,33,41)(H,34,42)/b35-31?,36-23-/t16-,22?/m1/s1. The summed E-state index contributed by atoms with van der Waals surface area (Å²) in [6.45, 7) is 0.260. The highest BCUT2D eigenvalue weighted by molar-refractivity contribution is 6.30. The zero-order valence-electron chi connectivity index (χ0n) is 22.8. The summed E-state index contributed by atoms with van der Waals surface area (Å²) in [6.07, 6.45) is -1.10. The number of carbonyl (C=O) groups is 4. The minimum Gasteiger partial charge on any atom is -0.410 e. The normalized spacial score (nSPS) is 16.7. The van der Waals surface area contributed by atoms with E-state index in [2.05, 4.69) is 20.8 Å². The van der Waals surface area contributed by atoms with E-state index in [4.69, 9.17) is 27.7 Å². The third-order valence-electron chi connectivity index (χ3n) is 6.77. The Kier molecular flexibility index (Phi) is 9.65. The number of ether oxygens (including phenoxy) is 1. The summed E-state index contributed by atoms with van der Waals surface area (Å²) < 4.78 is 35.4. The number of Topliss-reactive ketones (excluding diaryl/α,β-unsaturated/α-hetero) is 1. The predicted octanol–water partition coefficient (Wildman–Crippen LogP) is 3.28. The molecule has 4 rings (SSSR count). The number of amides is 3. The molecule has 1 saturated heterocycles. The molecule has 0 saturated carbocycles. The fraction of sp³-hybridized carbons (Fsp3) is 0.296. The summed E-state index contributed by atoms with van der Waals surface area (Å²) in [7, 11) is 0. The molecule has 3 amide bonds. The summed E-state index contributed by atoms with van der Waals surface area (Å²) in [5, 5.41) is 11.4. The van der Waals surface area contributed by atoms with Gasteiger partial charge in [0.1, 0.15) is 30.3 Å². The molecule has 2 atom stereocenters. The number of hydrogen-bond acceptors (Lipinski definition) is 8. The Morgan fingerprint density at radius 2 is 1.98 bits per heavy atom. The summed E-state index contributed by atoms with van der Waals surface area (Å²) in [5.41, 5.74) is 7.73. The van der Waals surface area contributed by atoms with Gasteiger partial charge in [-0.25, -0.2) is 19.1 Å². The van der Waals surface area contributed by atoms with Gasteiger partial charge in [0, 0.05) is 41.2 Å². The Bertz CT molecular complexity index is 1630. The van der Waals surface area contributed by atoms with Crippen LogP contribution in [0.2, 0.25) is 5.02 Å². The first-order valence-corrected chi connectivity index (χ1v) is 13.3. The number of ketones is 1. The summed E-state index contributed by atoms with van der Waals surface area (Å²) in [6, 6.07) is 7.65. The number of carbonyl (C=O) groups excluding carboxylic acids is 4. The number of hydrazone groups is 1. The van der Waals surface area contributed by atoms with Gasteiger partial charge < -0.3 is 30.7 Å². The number of nitrogens with one attached hydrogen (secondary N) is 3. The lowest BCUT2D eigenvalue weighted by molar-refractivity contribution is -0.139. The first kappa shape index (κ1) is 31.0. The molecule has 16 heteroatoms. The van der Waals surface area contributed by atoms with E-state index in [1.807, 2.05) is 0 Å². The predicted molar refractivity (Wildman–Crippen MR) is 151 cm³/mol. The number of benzene rings is 2. The van der Waals surface area contributed by atoms with Crippen LogP contribution in [0.1, 0.15) is 29.3 Å². The number of likely N-dealkylation sites (tertiary alicyclic amines) is 1. The van der Waals surface area contributed by atoms with Crippen LogP contribution in [0, 0.1) is 11.3 Å². The largest absolute Gasteiger partial charge is 0.412 e. The van der Waals surface area contributed by atoms with Gasteiger partial charge in [0.15, 0.2) is 11.6 Å². The Morgan fingerprint density at radius 1 is 1.21 bits per heavy atom. The second-order valence-electron chi connectivity index (χ2n) is 9.63. The van der Waals surface area contributed by atoms with Crippen LogP contribution in [0.3, 0.4) is 0 Å². The SMILES string of the molecule is CC(=O)c1cn(CC(=O)N2C[C@H](F)CC2C(=O)NCc2cccc(Cl)c2F)c2ccc(OC(=O)NC/C(N=N)=N/N)cc12. The van der Waals surface area contributed by atoms with Crippen LogP contribution in [0.4, 0.5) is 13.6 Å². The highest BCUT2D eigenvalue weighted by Crippen LogP contribution is 2.28. The fourth-order valence-electron chi connectivity index (χ4n) is 4.69. The third kappa shape index (κ3) is 7.12. The van der Waals surface area contributed by atoms with E-state index in [-0.39, 0.29) is 66.1 Å². The summed E-state index contributed by atoms with van der Waals surface area (Å²) in [5.74, 6) is 2.77. The van der Waals surface area contributed by atoms with Gasteiger partial charge in [-0.15, -0.1) is 5.11 Å². The van der Waals surface area contributed by atoms with Gasteiger partial charge in [-0.1, -0.05) is 23.7 Å². The van der Waals surface area contributed by atoms with Crippen LogP contribution < -0.4 is 21.2 Å². The van der Waals surface area contributed by atoms with Crippen molar-refractivity contribution in [3.63, 3.8) is 0 Å². The molecule has 0 spiro atoms. The molecule has 43 heavy (non-hydrogen) atoms. The second kappa shape index (κ2) is 13.4. The number of amidine groups is 1. The molecule has 1 aromatic heterocycles. The van der Waals surface area contributed by atoms with Crippen molar-refractivity contribution in [3.8, 4) is 5.75 Å². The maximum Gasteiger partial charge on any atom is 0.412 e. The minimum absolute atomic E-state index is 0.0818. The van der Waals surface area contributed by atoms with Crippen molar-refractivity contribution in [2.45, 2.75) is 38.6 Å². The van der Waals surface area contributed by atoms with Crippen molar-refractivity contribution < 1.29 is 32.7 Å². The molecule has 1 aliphatic rings. The molecular weight excluding hydrogens is 590 g/mol. The number of halogens is 3. The molecule has 3 aromatic rings. The summed E-state index contributed by atoms with van der Waals surface area (Å²) in [4.78, 5) is 51.9. The molecule has 5 N–H and O–H groups in total. The van der Waals surface area contributed by atoms with Crippen LogP contribution >= 0.6 is 11.6 Å². The molecule has 226 valence electrons. The van der Waals surface area contributed by atoms with Crippen molar-refractivity contribution >= 4 is 52.0 Å². The van der Waals surface area contributed by atoms with Crippen LogP contribution in [0.15, 0.2) is 52.8 Å². The molecular formula is C27H27ClF2N8O5. The lowest BCUT2D eigenvalue weighted by atomic mass is 10.1. The Labute approximate surface area is 248 Å². The molecule has 0 bridgehead atoms. The Hall–Kier alpha value is -4.92. The molecule has 1 unspecified atom stereocenters. The molecule has 2 heterocycles. The Morgan fingerprint density at radius 3 is 2.67 bits per heavy atom. The third-order valence-corrected chi connectivity index (χ3v) is 7.07. The first-order chi connectivity index (χ1) is 20.5. The summed E-state index contributed by atoms with van der Waals surface area (Å²) >= 11 is 5.79. The highest BCUT2D eigenvalue weighted by atomic mass is 35.5. The van der Waals surface area contributed by atoms with Gasteiger partial charge in [-0.05, 0) is 31.2 Å². The van der Waals surface area contributed by atoms with Crippen LogP contribution in [-0.4, -0.2) is 64.3 Å². The molecule has 0 aliphatic carbocycles. The maximum absolute atomic E-state index is 14.4. The smallest absolute Gasteiger partial charge is 0.410 e. The maximum atomic E-state index is 14.4. The van der Waals surface area contributed by atoms with Gasteiger partial charge in [0.2, 0.25) is 11.8 Å². The number of nitrogens with zero attached hydrogens (tertiary/aromatic N) is 4. The van der Waals surface area contributed by atoms with E-state index >= 15 is 0 Å². The topological polar surface area (TPSA) is 184 Å². The molecule has 2 aromatic carbocycles. The number of alkyl halides is 1. The minimum atomic E-state index is -1.44. The van der Waals surface area contributed by atoms with E-state index in [1.54, 1.807) is 0 Å². The van der Waals surface area contributed by atoms with Crippen LogP contribution in [-0.2, 0) is 22.7 Å². The van der Waals surface area contributed by atoms with Crippen LogP contribution in [0.25, 0.3) is 10.9 Å². The molecule has 13 nitrogen and oxygen atoms in total. The number of fused-ring (bicyclic) bond motifs is 1. The fourth-order valence-corrected chi connectivity index (χ4v) is 4.88. The molecule has 0 radical (unpaired) electrons. The first-order valence-electron chi connectivity index (χ1n) is 12.9. The molecule has 1 fully saturated rings.